The predicted molar refractivity (Wildman–Crippen MR) is 88.7 cm³/mol. The van der Waals surface area contributed by atoms with Gasteiger partial charge in [-0.1, -0.05) is 30.3 Å². The van der Waals surface area contributed by atoms with Gasteiger partial charge in [-0.3, -0.25) is 0 Å². The molecular weight excluding hydrogens is 276 g/mol. The van der Waals surface area contributed by atoms with E-state index in [0.29, 0.717) is 12.5 Å². The number of hydrogen-bond donors (Lipinski definition) is 1. The van der Waals surface area contributed by atoms with E-state index in [0.717, 1.165) is 18.5 Å². The first-order chi connectivity index (χ1) is 10.4. The first kappa shape index (κ1) is 16.8. The molecule has 1 atom stereocenters. The van der Waals surface area contributed by atoms with Crippen LogP contribution in [-0.2, 0) is 11.3 Å². The van der Waals surface area contributed by atoms with E-state index in [1.54, 1.807) is 0 Å². The lowest BCUT2D eigenvalue weighted by molar-refractivity contribution is 0.120. The molecule has 1 fully saturated rings. The molecule has 1 aromatic carbocycles. The summed E-state index contributed by atoms with van der Waals surface area (Å²) in [6.07, 6.45) is 3.14. The fraction of sp³-hybridized carbons (Fsp3) is 0.611. The normalized spacial score (nSPS) is 19.7. The molecule has 0 bridgehead atoms. The monoisotopic (exact) mass is 304 g/mol. The molecule has 4 nitrogen and oxygen atoms in total. The van der Waals surface area contributed by atoms with Crippen molar-refractivity contribution >= 4 is 6.09 Å². The van der Waals surface area contributed by atoms with E-state index in [4.69, 9.17) is 4.74 Å². The first-order valence-corrected chi connectivity index (χ1v) is 8.12. The van der Waals surface area contributed by atoms with Crippen molar-refractivity contribution < 1.29 is 9.53 Å². The van der Waals surface area contributed by atoms with Crippen LogP contribution < -0.4 is 5.32 Å². The summed E-state index contributed by atoms with van der Waals surface area (Å²) < 4.78 is 5.31. The summed E-state index contributed by atoms with van der Waals surface area (Å²) in [5.41, 5.74) is 0.765. The van der Waals surface area contributed by atoms with Crippen LogP contribution in [0, 0.1) is 5.92 Å². The molecule has 1 aliphatic rings. The van der Waals surface area contributed by atoms with E-state index in [-0.39, 0.29) is 11.6 Å². The van der Waals surface area contributed by atoms with Crippen molar-refractivity contribution in [1.29, 1.82) is 0 Å². The van der Waals surface area contributed by atoms with Gasteiger partial charge in [-0.05, 0) is 58.2 Å². The second kappa shape index (κ2) is 7.63. The van der Waals surface area contributed by atoms with Crippen molar-refractivity contribution in [1.82, 2.24) is 10.2 Å². The van der Waals surface area contributed by atoms with Gasteiger partial charge in [-0.15, -0.1) is 0 Å². The summed E-state index contributed by atoms with van der Waals surface area (Å²) in [6, 6.07) is 9.75. The van der Waals surface area contributed by atoms with Gasteiger partial charge in [-0.25, -0.2) is 4.79 Å². The van der Waals surface area contributed by atoms with Crippen LogP contribution in [0.2, 0.25) is 0 Å². The Morgan fingerprint density at radius 2 is 2.09 bits per heavy atom. The Kier molecular flexibility index (Phi) is 5.83. The first-order valence-electron chi connectivity index (χ1n) is 8.12. The van der Waals surface area contributed by atoms with Crippen molar-refractivity contribution in [2.45, 2.75) is 45.3 Å². The molecule has 1 aliphatic heterocycles. The lowest BCUT2D eigenvalue weighted by Gasteiger charge is -2.35. The van der Waals surface area contributed by atoms with Crippen molar-refractivity contribution in [3.63, 3.8) is 0 Å². The number of nitrogens with zero attached hydrogens (tertiary/aromatic N) is 1. The third-order valence-corrected chi connectivity index (χ3v) is 4.17. The molecular formula is C18H28N2O2. The van der Waals surface area contributed by atoms with E-state index in [1.165, 1.54) is 19.4 Å². The number of benzene rings is 1. The Morgan fingerprint density at radius 3 is 2.77 bits per heavy atom. The highest BCUT2D eigenvalue weighted by Gasteiger charge is 2.28. The predicted octanol–water partition coefficient (Wildman–Crippen LogP) is 3.42. The molecule has 0 spiro atoms. The Morgan fingerprint density at radius 1 is 1.36 bits per heavy atom. The lowest BCUT2D eigenvalue weighted by atomic mass is 9.85. The lowest BCUT2D eigenvalue weighted by Crippen LogP contribution is -2.47. The second-order valence-corrected chi connectivity index (χ2v) is 7.05. The number of rotatable bonds is 5. The molecule has 22 heavy (non-hydrogen) atoms. The molecule has 0 radical (unpaired) electrons. The molecule has 0 aromatic heterocycles. The second-order valence-electron chi connectivity index (χ2n) is 7.05. The van der Waals surface area contributed by atoms with Gasteiger partial charge in [0.25, 0.3) is 0 Å². The number of carbonyl (C=O) groups is 1. The van der Waals surface area contributed by atoms with Crippen LogP contribution in [-0.4, -0.2) is 36.7 Å². The summed E-state index contributed by atoms with van der Waals surface area (Å²) in [6.45, 7) is 6.76. The van der Waals surface area contributed by atoms with E-state index in [9.17, 15) is 4.79 Å². The van der Waals surface area contributed by atoms with Crippen LogP contribution in [0.1, 0.15) is 38.7 Å². The maximum absolute atomic E-state index is 12.0. The van der Waals surface area contributed by atoms with Crippen molar-refractivity contribution in [3.8, 4) is 0 Å². The quantitative estimate of drug-likeness (QED) is 0.906. The Balaban J connectivity index is 1.76. The summed E-state index contributed by atoms with van der Waals surface area (Å²) in [4.78, 5) is 14.4. The number of alkyl carbamates (subject to hydrolysis) is 1. The van der Waals surface area contributed by atoms with Gasteiger partial charge in [0.2, 0.25) is 0 Å². The third-order valence-electron chi connectivity index (χ3n) is 4.17. The van der Waals surface area contributed by atoms with E-state index in [1.807, 2.05) is 30.3 Å². The van der Waals surface area contributed by atoms with Crippen molar-refractivity contribution in [2.75, 3.05) is 20.1 Å². The molecule has 4 heteroatoms. The molecule has 1 N–H and O–H groups in total. The molecule has 1 saturated heterocycles. The van der Waals surface area contributed by atoms with Crippen LogP contribution >= 0.6 is 0 Å². The number of ether oxygens (including phenoxy) is 1. The highest BCUT2D eigenvalue weighted by atomic mass is 16.5. The Labute approximate surface area is 133 Å². The molecule has 122 valence electrons. The number of piperidine rings is 1. The third kappa shape index (κ3) is 5.68. The number of hydrogen-bond acceptors (Lipinski definition) is 3. The minimum Gasteiger partial charge on any atom is -0.445 e. The fourth-order valence-electron chi connectivity index (χ4n) is 3.25. The zero-order valence-corrected chi connectivity index (χ0v) is 14.0. The van der Waals surface area contributed by atoms with Crippen LogP contribution in [0.5, 0.6) is 0 Å². The highest BCUT2D eigenvalue weighted by molar-refractivity contribution is 5.68. The Hall–Kier alpha value is -1.55. The van der Waals surface area contributed by atoms with E-state index in [2.05, 4.69) is 31.1 Å². The zero-order chi connectivity index (χ0) is 16.0. The molecule has 1 amide bonds. The summed E-state index contributed by atoms with van der Waals surface area (Å²) in [5, 5.41) is 3.01. The topological polar surface area (TPSA) is 41.6 Å². The zero-order valence-electron chi connectivity index (χ0n) is 14.0. The van der Waals surface area contributed by atoms with Crippen LogP contribution in [0.4, 0.5) is 4.79 Å². The SMILES string of the molecule is CN1CCC[C@H](CC(C)(C)NC(=O)OCc2ccccc2)C1. The largest absolute Gasteiger partial charge is 0.445 e. The van der Waals surface area contributed by atoms with Gasteiger partial charge in [0.15, 0.2) is 0 Å². The standard InChI is InChI=1S/C18H28N2O2/c1-18(2,12-16-10-7-11-20(3)13-16)19-17(21)22-14-15-8-5-4-6-9-15/h4-6,8-9,16H,7,10-14H2,1-3H3,(H,19,21)/t16-/m1/s1. The number of likely N-dealkylation sites (tertiary alicyclic amines) is 1. The highest BCUT2D eigenvalue weighted by Crippen LogP contribution is 2.24. The van der Waals surface area contributed by atoms with Gasteiger partial charge in [-0.2, -0.15) is 0 Å². The van der Waals surface area contributed by atoms with Crippen LogP contribution in [0.25, 0.3) is 0 Å². The molecule has 2 rings (SSSR count). The number of nitrogens with one attached hydrogen (secondary N) is 1. The summed E-state index contributed by atoms with van der Waals surface area (Å²) >= 11 is 0. The Bertz CT molecular complexity index is 473. The van der Waals surface area contributed by atoms with Gasteiger partial charge < -0.3 is 15.0 Å². The average molecular weight is 304 g/mol. The van der Waals surface area contributed by atoms with E-state index < -0.39 is 0 Å². The maximum Gasteiger partial charge on any atom is 0.407 e. The summed E-state index contributed by atoms with van der Waals surface area (Å²) in [5.74, 6) is 0.642. The molecule has 1 aromatic rings. The van der Waals surface area contributed by atoms with Gasteiger partial charge in [0.05, 0.1) is 0 Å². The van der Waals surface area contributed by atoms with Gasteiger partial charge in [0.1, 0.15) is 6.61 Å². The summed E-state index contributed by atoms with van der Waals surface area (Å²) in [7, 11) is 2.17. The minimum atomic E-state index is -0.335. The number of amides is 1. The number of carbonyl (C=O) groups excluding carboxylic acids is 1. The smallest absolute Gasteiger partial charge is 0.407 e. The minimum absolute atomic E-state index is 0.239. The fourth-order valence-corrected chi connectivity index (χ4v) is 3.25. The molecule has 0 unspecified atom stereocenters. The maximum atomic E-state index is 12.0. The molecule has 0 saturated carbocycles. The van der Waals surface area contributed by atoms with Crippen molar-refractivity contribution in [2.24, 2.45) is 5.92 Å². The average Bonchev–Trinajstić information content (AvgIpc) is 2.45. The van der Waals surface area contributed by atoms with Gasteiger partial charge >= 0.3 is 6.09 Å². The van der Waals surface area contributed by atoms with Gasteiger partial charge in [0, 0.05) is 12.1 Å². The van der Waals surface area contributed by atoms with Crippen LogP contribution in [0.3, 0.4) is 0 Å². The van der Waals surface area contributed by atoms with Crippen molar-refractivity contribution in [3.05, 3.63) is 35.9 Å². The van der Waals surface area contributed by atoms with Crippen LogP contribution in [0.15, 0.2) is 30.3 Å². The van der Waals surface area contributed by atoms with E-state index >= 15 is 0 Å². The molecule has 0 aliphatic carbocycles. The molecule has 1 heterocycles.